The Balaban J connectivity index is 1.88. The summed E-state index contributed by atoms with van der Waals surface area (Å²) in [7, 11) is 1.84. The van der Waals surface area contributed by atoms with Crippen molar-refractivity contribution in [2.45, 2.75) is 19.4 Å². The molecular formula is C17H20FN3O2. The molecule has 2 aromatic rings. The van der Waals surface area contributed by atoms with Crippen LogP contribution in [0.15, 0.2) is 42.7 Å². The first-order valence-electron chi connectivity index (χ1n) is 7.46. The smallest absolute Gasteiger partial charge is 0.220 e. The number of hydrogen-bond donors (Lipinski definition) is 2. The van der Waals surface area contributed by atoms with Gasteiger partial charge in [0, 0.05) is 19.2 Å². The standard InChI is InChI=1S/C17H20FN3O2/c1-19-8-3-5-17(22)21-11-13-6-7-16(15(18)10-13)23-14-4-2-9-20-12-14/h2,4,6-7,9-10,12,19H,3,5,8,11H2,1H3,(H,21,22). The maximum absolute atomic E-state index is 14.0. The van der Waals surface area contributed by atoms with Crippen LogP contribution in [0.25, 0.3) is 0 Å². The number of hydrogen-bond acceptors (Lipinski definition) is 4. The van der Waals surface area contributed by atoms with Crippen LogP contribution in [0.5, 0.6) is 11.5 Å². The average Bonchev–Trinajstić information content (AvgIpc) is 2.56. The van der Waals surface area contributed by atoms with Gasteiger partial charge < -0.3 is 15.4 Å². The number of aromatic nitrogens is 1. The molecule has 2 N–H and O–H groups in total. The van der Waals surface area contributed by atoms with E-state index in [0.29, 0.717) is 24.3 Å². The summed E-state index contributed by atoms with van der Waals surface area (Å²) in [4.78, 5) is 15.5. The molecule has 0 atom stereocenters. The minimum atomic E-state index is -0.476. The molecule has 0 spiro atoms. The molecule has 0 saturated heterocycles. The molecule has 5 nitrogen and oxygen atoms in total. The lowest BCUT2D eigenvalue weighted by molar-refractivity contribution is -0.121. The van der Waals surface area contributed by atoms with Crippen LogP contribution in [0, 0.1) is 5.82 Å². The third kappa shape index (κ3) is 5.67. The minimum Gasteiger partial charge on any atom is -0.453 e. The van der Waals surface area contributed by atoms with E-state index in [1.54, 1.807) is 30.5 Å². The number of halogens is 1. The van der Waals surface area contributed by atoms with Gasteiger partial charge in [0.1, 0.15) is 5.75 Å². The number of ether oxygens (including phenoxy) is 1. The van der Waals surface area contributed by atoms with Gasteiger partial charge in [0.25, 0.3) is 0 Å². The fourth-order valence-corrected chi connectivity index (χ4v) is 1.99. The van der Waals surface area contributed by atoms with E-state index in [2.05, 4.69) is 15.6 Å². The SMILES string of the molecule is CNCCCC(=O)NCc1ccc(Oc2cccnc2)c(F)c1. The first-order chi connectivity index (χ1) is 11.2. The summed E-state index contributed by atoms with van der Waals surface area (Å²) < 4.78 is 19.5. The van der Waals surface area contributed by atoms with Gasteiger partial charge in [-0.2, -0.15) is 0 Å². The van der Waals surface area contributed by atoms with Crippen molar-refractivity contribution >= 4 is 5.91 Å². The third-order valence-corrected chi connectivity index (χ3v) is 3.18. The van der Waals surface area contributed by atoms with Crippen LogP contribution in [0.3, 0.4) is 0 Å². The van der Waals surface area contributed by atoms with Crippen molar-refractivity contribution in [2.24, 2.45) is 0 Å². The van der Waals surface area contributed by atoms with Crippen LogP contribution < -0.4 is 15.4 Å². The molecule has 0 radical (unpaired) electrons. The van der Waals surface area contributed by atoms with Gasteiger partial charge >= 0.3 is 0 Å². The zero-order chi connectivity index (χ0) is 16.5. The van der Waals surface area contributed by atoms with E-state index in [9.17, 15) is 9.18 Å². The van der Waals surface area contributed by atoms with Crippen molar-refractivity contribution in [2.75, 3.05) is 13.6 Å². The molecular weight excluding hydrogens is 297 g/mol. The van der Waals surface area contributed by atoms with E-state index in [0.717, 1.165) is 13.0 Å². The van der Waals surface area contributed by atoms with Crippen LogP contribution >= 0.6 is 0 Å². The molecule has 6 heteroatoms. The Morgan fingerprint density at radius 3 is 2.91 bits per heavy atom. The van der Waals surface area contributed by atoms with E-state index in [4.69, 9.17) is 4.74 Å². The topological polar surface area (TPSA) is 63.2 Å². The molecule has 0 saturated carbocycles. The number of amides is 1. The van der Waals surface area contributed by atoms with Crippen LogP contribution in [0.1, 0.15) is 18.4 Å². The summed E-state index contributed by atoms with van der Waals surface area (Å²) in [6, 6.07) is 8.05. The predicted molar refractivity (Wildman–Crippen MR) is 85.7 cm³/mol. The molecule has 122 valence electrons. The molecule has 1 amide bonds. The number of rotatable bonds is 8. The van der Waals surface area contributed by atoms with Crippen molar-refractivity contribution in [3.8, 4) is 11.5 Å². The molecule has 0 aliphatic carbocycles. The van der Waals surface area contributed by atoms with Crippen LogP contribution in [0.4, 0.5) is 4.39 Å². The molecule has 1 heterocycles. The molecule has 0 fully saturated rings. The number of carbonyl (C=O) groups excluding carboxylic acids is 1. The number of nitrogens with zero attached hydrogens (tertiary/aromatic N) is 1. The monoisotopic (exact) mass is 317 g/mol. The van der Waals surface area contributed by atoms with Gasteiger partial charge in [-0.15, -0.1) is 0 Å². The number of benzene rings is 1. The van der Waals surface area contributed by atoms with E-state index in [1.165, 1.54) is 12.3 Å². The summed E-state index contributed by atoms with van der Waals surface area (Å²) in [6.45, 7) is 1.09. The highest BCUT2D eigenvalue weighted by Gasteiger charge is 2.07. The zero-order valence-electron chi connectivity index (χ0n) is 13.0. The lowest BCUT2D eigenvalue weighted by atomic mass is 10.2. The molecule has 2 rings (SSSR count). The summed E-state index contributed by atoms with van der Waals surface area (Å²) in [5.74, 6) is 0.0752. The molecule has 0 aliphatic rings. The number of pyridine rings is 1. The summed E-state index contributed by atoms with van der Waals surface area (Å²) in [5.41, 5.74) is 0.683. The van der Waals surface area contributed by atoms with Gasteiger partial charge in [-0.25, -0.2) is 4.39 Å². The second kappa shape index (κ2) is 8.85. The Labute approximate surface area is 134 Å². The second-order valence-corrected chi connectivity index (χ2v) is 5.04. The molecule has 0 unspecified atom stereocenters. The van der Waals surface area contributed by atoms with Gasteiger partial charge in [-0.1, -0.05) is 6.07 Å². The van der Waals surface area contributed by atoms with Crippen molar-refractivity contribution in [3.63, 3.8) is 0 Å². The van der Waals surface area contributed by atoms with Crippen molar-refractivity contribution < 1.29 is 13.9 Å². The highest BCUT2D eigenvalue weighted by Crippen LogP contribution is 2.24. The first kappa shape index (κ1) is 16.9. The maximum Gasteiger partial charge on any atom is 0.220 e. The lowest BCUT2D eigenvalue weighted by Gasteiger charge is -2.09. The number of carbonyl (C=O) groups is 1. The summed E-state index contributed by atoms with van der Waals surface area (Å²) in [6.07, 6.45) is 4.35. The zero-order valence-corrected chi connectivity index (χ0v) is 13.0. The average molecular weight is 317 g/mol. The minimum absolute atomic E-state index is 0.0451. The molecule has 0 aliphatic heterocycles. The van der Waals surface area contributed by atoms with Gasteiger partial charge in [-0.3, -0.25) is 9.78 Å². The van der Waals surface area contributed by atoms with Gasteiger partial charge in [0.05, 0.1) is 6.20 Å². The fraction of sp³-hybridized carbons (Fsp3) is 0.294. The molecule has 23 heavy (non-hydrogen) atoms. The van der Waals surface area contributed by atoms with E-state index in [1.807, 2.05) is 7.05 Å². The van der Waals surface area contributed by atoms with Crippen molar-refractivity contribution in [3.05, 3.63) is 54.1 Å². The summed E-state index contributed by atoms with van der Waals surface area (Å²) in [5, 5.41) is 5.75. The molecule has 1 aromatic carbocycles. The second-order valence-electron chi connectivity index (χ2n) is 5.04. The van der Waals surface area contributed by atoms with Crippen molar-refractivity contribution in [1.82, 2.24) is 15.6 Å². The molecule has 0 bridgehead atoms. The Kier molecular flexibility index (Phi) is 6.50. The summed E-state index contributed by atoms with van der Waals surface area (Å²) >= 11 is 0. The highest BCUT2D eigenvalue weighted by atomic mass is 19.1. The largest absolute Gasteiger partial charge is 0.453 e. The number of nitrogens with one attached hydrogen (secondary N) is 2. The van der Waals surface area contributed by atoms with Gasteiger partial charge in [0.15, 0.2) is 11.6 Å². The van der Waals surface area contributed by atoms with Crippen LogP contribution in [-0.2, 0) is 11.3 Å². The molecule has 1 aromatic heterocycles. The van der Waals surface area contributed by atoms with E-state index in [-0.39, 0.29) is 11.7 Å². The predicted octanol–water partition coefficient (Wildman–Crippen LogP) is 2.63. The third-order valence-electron chi connectivity index (χ3n) is 3.18. The Bertz CT molecular complexity index is 635. The Morgan fingerprint density at radius 2 is 2.22 bits per heavy atom. The van der Waals surface area contributed by atoms with Crippen molar-refractivity contribution in [1.29, 1.82) is 0 Å². The van der Waals surface area contributed by atoms with Crippen LogP contribution in [-0.4, -0.2) is 24.5 Å². The quantitative estimate of drug-likeness (QED) is 0.735. The van der Waals surface area contributed by atoms with Crippen LogP contribution in [0.2, 0.25) is 0 Å². The van der Waals surface area contributed by atoms with E-state index >= 15 is 0 Å². The Hall–Kier alpha value is -2.47. The van der Waals surface area contributed by atoms with Gasteiger partial charge in [-0.05, 0) is 49.8 Å². The first-order valence-corrected chi connectivity index (χ1v) is 7.46. The highest BCUT2D eigenvalue weighted by molar-refractivity contribution is 5.75. The maximum atomic E-state index is 14.0. The normalized spacial score (nSPS) is 10.3. The Morgan fingerprint density at radius 1 is 1.35 bits per heavy atom. The van der Waals surface area contributed by atoms with E-state index < -0.39 is 5.82 Å². The van der Waals surface area contributed by atoms with Gasteiger partial charge in [0.2, 0.25) is 5.91 Å². The fourth-order valence-electron chi connectivity index (χ4n) is 1.99. The lowest BCUT2D eigenvalue weighted by Crippen LogP contribution is -2.23.